The zero-order chi connectivity index (χ0) is 24.5. The van der Waals surface area contributed by atoms with Crippen molar-refractivity contribution in [2.75, 3.05) is 4.90 Å². The molecule has 0 unspecified atom stereocenters. The first kappa shape index (κ1) is 22.2. The van der Waals surface area contributed by atoms with E-state index in [1.807, 2.05) is 60.8 Å². The molecule has 0 bridgehead atoms. The van der Waals surface area contributed by atoms with Crippen LogP contribution >= 0.6 is 12.2 Å². The summed E-state index contributed by atoms with van der Waals surface area (Å²) in [6, 6.07) is 23.6. The molecule has 1 aliphatic rings. The summed E-state index contributed by atoms with van der Waals surface area (Å²) in [7, 11) is 0. The lowest BCUT2D eigenvalue weighted by Crippen LogP contribution is -2.54. The second kappa shape index (κ2) is 9.00. The van der Waals surface area contributed by atoms with E-state index in [0.29, 0.717) is 12.1 Å². The average molecular weight is 482 g/mol. The summed E-state index contributed by atoms with van der Waals surface area (Å²) < 4.78 is 2.07. The Labute approximate surface area is 205 Å². The van der Waals surface area contributed by atoms with Crippen molar-refractivity contribution in [3.63, 3.8) is 0 Å². The molecule has 5 rings (SSSR count). The Morgan fingerprint density at radius 3 is 2.49 bits per heavy atom. The number of carbonyl (C=O) groups is 3. The monoisotopic (exact) mass is 481 g/mol. The third kappa shape index (κ3) is 4.22. The number of benzene rings is 3. The van der Waals surface area contributed by atoms with Crippen LogP contribution < -0.4 is 10.2 Å². The number of carbonyl (C=O) groups excluding carboxylic acids is 2. The van der Waals surface area contributed by atoms with Crippen molar-refractivity contribution in [2.45, 2.75) is 6.54 Å². The van der Waals surface area contributed by atoms with Crippen molar-refractivity contribution in [1.29, 1.82) is 0 Å². The zero-order valence-electron chi connectivity index (χ0n) is 18.3. The molecule has 0 spiro atoms. The molecule has 35 heavy (non-hydrogen) atoms. The summed E-state index contributed by atoms with van der Waals surface area (Å²) in [6.07, 6.45) is 3.46. The highest BCUT2D eigenvalue weighted by Crippen LogP contribution is 2.27. The maximum Gasteiger partial charge on any atom is 0.335 e. The minimum Gasteiger partial charge on any atom is -0.478 e. The van der Waals surface area contributed by atoms with Crippen LogP contribution in [0, 0.1) is 0 Å². The first-order valence-electron chi connectivity index (χ1n) is 10.8. The van der Waals surface area contributed by atoms with Crippen molar-refractivity contribution in [3.05, 3.63) is 107 Å². The number of carboxylic acid groups (broad SMARTS) is 1. The molecule has 0 saturated carbocycles. The number of nitrogens with zero attached hydrogens (tertiary/aromatic N) is 2. The molecule has 1 aliphatic heterocycles. The zero-order valence-corrected chi connectivity index (χ0v) is 19.2. The van der Waals surface area contributed by atoms with Crippen LogP contribution in [0.4, 0.5) is 5.69 Å². The molecule has 4 aromatic rings. The van der Waals surface area contributed by atoms with E-state index < -0.39 is 17.8 Å². The smallest absolute Gasteiger partial charge is 0.335 e. The topological polar surface area (TPSA) is 91.6 Å². The summed E-state index contributed by atoms with van der Waals surface area (Å²) in [5.74, 6) is -2.36. The predicted molar refractivity (Wildman–Crippen MR) is 137 cm³/mol. The molecule has 0 aliphatic carbocycles. The minimum atomic E-state index is -1.13. The number of anilines is 1. The van der Waals surface area contributed by atoms with E-state index in [1.54, 1.807) is 12.1 Å². The van der Waals surface area contributed by atoms with Gasteiger partial charge in [0.2, 0.25) is 0 Å². The number of carboxylic acids is 1. The highest BCUT2D eigenvalue weighted by molar-refractivity contribution is 7.80. The molecule has 2 heterocycles. The maximum absolute atomic E-state index is 13.4. The molecule has 3 aromatic carbocycles. The fraction of sp³-hybridized carbons (Fsp3) is 0.0370. The number of rotatable bonds is 5. The highest BCUT2D eigenvalue weighted by atomic mass is 32.1. The summed E-state index contributed by atoms with van der Waals surface area (Å²) in [6.45, 7) is 0.628. The largest absolute Gasteiger partial charge is 0.478 e. The molecule has 2 amide bonds. The van der Waals surface area contributed by atoms with Crippen molar-refractivity contribution in [3.8, 4) is 0 Å². The van der Waals surface area contributed by atoms with E-state index in [9.17, 15) is 19.5 Å². The van der Waals surface area contributed by atoms with E-state index >= 15 is 0 Å². The van der Waals surface area contributed by atoms with Gasteiger partial charge in [-0.25, -0.2) is 4.79 Å². The van der Waals surface area contributed by atoms with E-state index in [0.717, 1.165) is 21.4 Å². The van der Waals surface area contributed by atoms with Crippen LogP contribution in [0.5, 0.6) is 0 Å². The van der Waals surface area contributed by atoms with Crippen molar-refractivity contribution in [1.82, 2.24) is 9.88 Å². The molecule has 7 nitrogen and oxygen atoms in total. The van der Waals surface area contributed by atoms with Crippen LogP contribution in [0.15, 0.2) is 90.6 Å². The van der Waals surface area contributed by atoms with Gasteiger partial charge in [-0.15, -0.1) is 0 Å². The van der Waals surface area contributed by atoms with Gasteiger partial charge in [0.15, 0.2) is 5.11 Å². The number of thiocarbonyl (C=S) groups is 1. The Hall–Kier alpha value is -4.56. The van der Waals surface area contributed by atoms with Gasteiger partial charge in [0.25, 0.3) is 11.8 Å². The molecule has 0 radical (unpaired) electrons. The van der Waals surface area contributed by atoms with Gasteiger partial charge in [0.1, 0.15) is 5.57 Å². The van der Waals surface area contributed by atoms with Gasteiger partial charge in [0.05, 0.1) is 11.3 Å². The number of amides is 2. The van der Waals surface area contributed by atoms with Gasteiger partial charge < -0.3 is 9.67 Å². The van der Waals surface area contributed by atoms with Gasteiger partial charge in [0, 0.05) is 29.2 Å². The Kier molecular flexibility index (Phi) is 5.72. The van der Waals surface area contributed by atoms with Gasteiger partial charge in [-0.1, -0.05) is 54.6 Å². The van der Waals surface area contributed by atoms with Gasteiger partial charge in [-0.2, -0.15) is 0 Å². The first-order chi connectivity index (χ1) is 16.9. The first-order valence-corrected chi connectivity index (χ1v) is 11.2. The predicted octanol–water partition coefficient (Wildman–Crippen LogP) is 4.22. The fourth-order valence-corrected chi connectivity index (χ4v) is 4.41. The molecule has 8 heteroatoms. The van der Waals surface area contributed by atoms with Gasteiger partial charge >= 0.3 is 5.97 Å². The fourth-order valence-electron chi connectivity index (χ4n) is 4.13. The average Bonchev–Trinajstić information content (AvgIpc) is 3.19. The van der Waals surface area contributed by atoms with Gasteiger partial charge in [-0.05, 0) is 48.1 Å². The lowest BCUT2D eigenvalue weighted by molar-refractivity contribution is -0.122. The van der Waals surface area contributed by atoms with Crippen LogP contribution in [0.25, 0.3) is 17.0 Å². The molecular formula is C27H19N3O4S. The van der Waals surface area contributed by atoms with Gasteiger partial charge in [-0.3, -0.25) is 19.8 Å². The summed E-state index contributed by atoms with van der Waals surface area (Å²) in [5.41, 5.74) is 2.97. The third-order valence-electron chi connectivity index (χ3n) is 5.77. The van der Waals surface area contributed by atoms with Crippen molar-refractivity contribution in [2.24, 2.45) is 0 Å². The van der Waals surface area contributed by atoms with E-state index in [-0.39, 0.29) is 21.9 Å². The number of nitrogens with one attached hydrogen (secondary N) is 1. The molecule has 1 fully saturated rings. The number of fused-ring (bicyclic) bond motifs is 1. The number of aromatic carboxylic acids is 1. The molecule has 1 saturated heterocycles. The third-order valence-corrected chi connectivity index (χ3v) is 6.05. The van der Waals surface area contributed by atoms with E-state index in [4.69, 9.17) is 12.2 Å². The summed E-state index contributed by atoms with van der Waals surface area (Å²) in [4.78, 5) is 38.7. The molecule has 2 N–H and O–H groups in total. The second-order valence-corrected chi connectivity index (χ2v) is 8.42. The normalized spacial score (nSPS) is 15.0. The second-order valence-electron chi connectivity index (χ2n) is 8.03. The Bertz CT molecular complexity index is 1540. The SMILES string of the molecule is O=C1NC(=S)N(c2cccc(C(=O)O)c2)C(=O)C1=Cc1cn(Cc2ccccc2)c2ccccc12. The van der Waals surface area contributed by atoms with Crippen molar-refractivity contribution < 1.29 is 19.5 Å². The molecule has 1 aromatic heterocycles. The lowest BCUT2D eigenvalue weighted by Gasteiger charge is -2.29. The van der Waals surface area contributed by atoms with E-state index in [2.05, 4.69) is 9.88 Å². The minimum absolute atomic E-state index is 0.00418. The number of aromatic nitrogens is 1. The number of hydrogen-bond acceptors (Lipinski definition) is 4. The summed E-state index contributed by atoms with van der Waals surface area (Å²) >= 11 is 5.24. The number of hydrogen-bond donors (Lipinski definition) is 2. The maximum atomic E-state index is 13.4. The van der Waals surface area contributed by atoms with Crippen molar-refractivity contribution >= 4 is 57.8 Å². The number of para-hydroxylation sites is 1. The summed E-state index contributed by atoms with van der Waals surface area (Å²) in [5, 5.41) is 12.7. The molecular weight excluding hydrogens is 462 g/mol. The van der Waals surface area contributed by atoms with Crippen LogP contribution in [0.1, 0.15) is 21.5 Å². The van der Waals surface area contributed by atoms with Crippen LogP contribution in [-0.2, 0) is 16.1 Å². The van der Waals surface area contributed by atoms with Crippen LogP contribution in [0.3, 0.4) is 0 Å². The van der Waals surface area contributed by atoms with E-state index in [1.165, 1.54) is 18.2 Å². The quantitative estimate of drug-likeness (QED) is 0.253. The Balaban J connectivity index is 1.57. The highest BCUT2D eigenvalue weighted by Gasteiger charge is 2.35. The molecule has 0 atom stereocenters. The Morgan fingerprint density at radius 2 is 1.71 bits per heavy atom. The lowest BCUT2D eigenvalue weighted by atomic mass is 10.1. The van der Waals surface area contributed by atoms with Crippen LogP contribution in [0.2, 0.25) is 0 Å². The molecule has 172 valence electrons. The Morgan fingerprint density at radius 1 is 0.971 bits per heavy atom. The van der Waals surface area contributed by atoms with Crippen LogP contribution in [-0.4, -0.2) is 32.6 Å². The standard InChI is InChI=1S/C27H19N3O4S/c31-24-22(25(32)30(27(35)28-24)20-10-6-9-18(13-20)26(33)34)14-19-16-29(15-17-7-2-1-3-8-17)23-12-5-4-11-21(19)23/h1-14,16H,15H2,(H,33,34)(H,28,31,35).